The summed E-state index contributed by atoms with van der Waals surface area (Å²) < 4.78 is 16.4. The van der Waals surface area contributed by atoms with Crippen LogP contribution in [0.15, 0.2) is 72.3 Å². The Morgan fingerprint density at radius 2 is 1.82 bits per heavy atom. The second-order valence-corrected chi connectivity index (χ2v) is 8.03. The number of fused-ring (bicyclic) bond motifs is 1. The zero-order chi connectivity index (χ0) is 23.8. The van der Waals surface area contributed by atoms with Crippen LogP contribution in [0.2, 0.25) is 0 Å². The average molecular weight is 457 g/mol. The van der Waals surface area contributed by atoms with Crippen LogP contribution in [0.25, 0.3) is 5.76 Å². The van der Waals surface area contributed by atoms with Crippen LogP contribution in [0.3, 0.4) is 0 Å². The minimum Gasteiger partial charge on any atom is -0.507 e. The molecular weight excluding hydrogens is 434 g/mol. The van der Waals surface area contributed by atoms with E-state index in [1.165, 1.54) is 4.90 Å². The highest BCUT2D eigenvalue weighted by Gasteiger charge is 2.47. The van der Waals surface area contributed by atoms with E-state index in [0.29, 0.717) is 40.7 Å². The van der Waals surface area contributed by atoms with Gasteiger partial charge in [0.1, 0.15) is 11.5 Å². The van der Waals surface area contributed by atoms with Crippen molar-refractivity contribution in [3.8, 4) is 17.2 Å². The van der Waals surface area contributed by atoms with Crippen LogP contribution in [0.5, 0.6) is 17.2 Å². The van der Waals surface area contributed by atoms with Crippen LogP contribution in [-0.4, -0.2) is 30.2 Å². The van der Waals surface area contributed by atoms with Crippen molar-refractivity contribution in [1.29, 1.82) is 0 Å². The van der Waals surface area contributed by atoms with Crippen LogP contribution in [0.4, 0.5) is 5.69 Å². The molecule has 1 unspecified atom stereocenters. The van der Waals surface area contributed by atoms with Crippen molar-refractivity contribution < 1.29 is 28.9 Å². The Hall–Kier alpha value is -4.26. The number of carbonyl (C=O) groups excluding carboxylic acids is 2. The van der Waals surface area contributed by atoms with Crippen LogP contribution < -0.4 is 19.1 Å². The van der Waals surface area contributed by atoms with E-state index in [4.69, 9.17) is 14.2 Å². The molecule has 0 spiro atoms. The van der Waals surface area contributed by atoms with Crippen molar-refractivity contribution in [1.82, 2.24) is 0 Å². The van der Waals surface area contributed by atoms with Crippen LogP contribution >= 0.6 is 0 Å². The molecule has 1 amide bonds. The van der Waals surface area contributed by atoms with Gasteiger partial charge in [0, 0.05) is 11.3 Å². The summed E-state index contributed by atoms with van der Waals surface area (Å²) in [6, 6.07) is 18.6. The summed E-state index contributed by atoms with van der Waals surface area (Å²) in [6.45, 7) is 4.31. The molecule has 0 radical (unpaired) electrons. The molecule has 2 aliphatic rings. The topological polar surface area (TPSA) is 85.3 Å². The third-order valence-electron chi connectivity index (χ3n) is 5.95. The molecule has 5 rings (SSSR count). The van der Waals surface area contributed by atoms with Gasteiger partial charge < -0.3 is 19.3 Å². The van der Waals surface area contributed by atoms with Gasteiger partial charge in [-0.15, -0.1) is 0 Å². The highest BCUT2D eigenvalue weighted by Crippen LogP contribution is 2.44. The number of ketones is 1. The first-order chi connectivity index (χ1) is 16.5. The van der Waals surface area contributed by atoms with Crippen molar-refractivity contribution in [3.63, 3.8) is 0 Å². The lowest BCUT2D eigenvalue weighted by atomic mass is 9.94. The maximum atomic E-state index is 13.3. The summed E-state index contributed by atoms with van der Waals surface area (Å²) in [5.41, 5.74) is 2.44. The lowest BCUT2D eigenvalue weighted by molar-refractivity contribution is -0.132. The molecule has 2 heterocycles. The van der Waals surface area contributed by atoms with Crippen molar-refractivity contribution in [3.05, 3.63) is 89.0 Å². The first kappa shape index (κ1) is 21.6. The summed E-state index contributed by atoms with van der Waals surface area (Å²) in [6.07, 6.45) is 0. The molecular formula is C27H23NO6. The predicted octanol–water partition coefficient (Wildman–Crippen LogP) is 4.75. The van der Waals surface area contributed by atoms with Gasteiger partial charge in [-0.1, -0.05) is 30.3 Å². The minimum absolute atomic E-state index is 0.000710. The fourth-order valence-electron chi connectivity index (χ4n) is 4.37. The van der Waals surface area contributed by atoms with E-state index in [1.807, 2.05) is 44.2 Å². The number of rotatable bonds is 5. The molecule has 172 valence electrons. The largest absolute Gasteiger partial charge is 0.507 e. The molecule has 34 heavy (non-hydrogen) atoms. The molecule has 0 aliphatic carbocycles. The van der Waals surface area contributed by atoms with Gasteiger partial charge in [-0.2, -0.15) is 0 Å². The van der Waals surface area contributed by atoms with Gasteiger partial charge in [0.15, 0.2) is 11.5 Å². The molecule has 7 nitrogen and oxygen atoms in total. The lowest BCUT2D eigenvalue weighted by Gasteiger charge is -2.27. The quantitative estimate of drug-likeness (QED) is 0.338. The number of anilines is 1. The fraction of sp³-hybridized carbons (Fsp3) is 0.185. The molecule has 1 atom stereocenters. The van der Waals surface area contributed by atoms with Gasteiger partial charge in [0.2, 0.25) is 6.79 Å². The maximum Gasteiger partial charge on any atom is 0.300 e. The molecule has 1 fully saturated rings. The van der Waals surface area contributed by atoms with Gasteiger partial charge in [-0.3, -0.25) is 14.5 Å². The number of aryl methyl sites for hydroxylation is 1. The van der Waals surface area contributed by atoms with Gasteiger partial charge >= 0.3 is 0 Å². The smallest absolute Gasteiger partial charge is 0.300 e. The molecule has 1 saturated heterocycles. The fourth-order valence-corrected chi connectivity index (χ4v) is 4.37. The van der Waals surface area contributed by atoms with Gasteiger partial charge in [-0.05, 0) is 61.4 Å². The zero-order valence-corrected chi connectivity index (χ0v) is 18.8. The summed E-state index contributed by atoms with van der Waals surface area (Å²) in [5.74, 6) is -0.114. The van der Waals surface area contributed by atoms with Crippen molar-refractivity contribution in [2.24, 2.45) is 0 Å². The molecule has 0 saturated carbocycles. The van der Waals surface area contributed by atoms with Crippen molar-refractivity contribution in [2.75, 3.05) is 18.3 Å². The Morgan fingerprint density at radius 3 is 2.62 bits per heavy atom. The normalized spacial score (nSPS) is 18.4. The average Bonchev–Trinajstić information content (AvgIpc) is 3.41. The second kappa shape index (κ2) is 8.59. The summed E-state index contributed by atoms with van der Waals surface area (Å²) in [4.78, 5) is 28.1. The van der Waals surface area contributed by atoms with Crippen LogP contribution in [0.1, 0.15) is 29.7 Å². The Balaban J connectivity index is 1.72. The first-order valence-electron chi connectivity index (χ1n) is 11.0. The predicted molar refractivity (Wildman–Crippen MR) is 126 cm³/mol. The number of Topliss-reactive ketones (excluding diaryl/α,β-unsaturated/α-hetero) is 1. The molecule has 1 N–H and O–H groups in total. The van der Waals surface area contributed by atoms with E-state index in [0.717, 1.165) is 5.56 Å². The SMILES string of the molecule is CCOc1cccc(C2/C(=C(/O)c3ccc4c(c3)OCO4)C(=O)C(=O)N2c2ccccc2C)c1. The number of hydrogen-bond acceptors (Lipinski definition) is 6. The van der Waals surface area contributed by atoms with E-state index in [-0.39, 0.29) is 18.1 Å². The van der Waals surface area contributed by atoms with Crippen LogP contribution in [0, 0.1) is 6.92 Å². The molecule has 3 aromatic carbocycles. The van der Waals surface area contributed by atoms with E-state index in [1.54, 1.807) is 36.4 Å². The third-order valence-corrected chi connectivity index (χ3v) is 5.95. The molecule has 7 heteroatoms. The number of aliphatic hydroxyl groups is 1. The molecule has 3 aromatic rings. The first-order valence-corrected chi connectivity index (χ1v) is 11.0. The summed E-state index contributed by atoms with van der Waals surface area (Å²) in [7, 11) is 0. The number of para-hydroxylation sites is 1. The number of benzene rings is 3. The van der Waals surface area contributed by atoms with E-state index < -0.39 is 17.7 Å². The zero-order valence-electron chi connectivity index (χ0n) is 18.8. The minimum atomic E-state index is -0.841. The Kier molecular flexibility index (Phi) is 5.45. The lowest BCUT2D eigenvalue weighted by Crippen LogP contribution is -2.30. The number of carbonyl (C=O) groups is 2. The Morgan fingerprint density at radius 1 is 1.03 bits per heavy atom. The number of aliphatic hydroxyl groups excluding tert-OH is 1. The number of hydrogen-bond donors (Lipinski definition) is 1. The van der Waals surface area contributed by atoms with Gasteiger partial charge in [0.25, 0.3) is 11.7 Å². The summed E-state index contributed by atoms with van der Waals surface area (Å²) in [5, 5.41) is 11.3. The molecule has 0 aromatic heterocycles. The number of ether oxygens (including phenoxy) is 3. The molecule has 2 aliphatic heterocycles. The van der Waals surface area contributed by atoms with Crippen molar-refractivity contribution in [2.45, 2.75) is 19.9 Å². The van der Waals surface area contributed by atoms with Gasteiger partial charge in [-0.25, -0.2) is 0 Å². The second-order valence-electron chi connectivity index (χ2n) is 8.03. The Labute approximate surface area is 196 Å². The monoisotopic (exact) mass is 457 g/mol. The number of amides is 1. The highest BCUT2D eigenvalue weighted by atomic mass is 16.7. The highest BCUT2D eigenvalue weighted by molar-refractivity contribution is 6.51. The van der Waals surface area contributed by atoms with E-state index in [2.05, 4.69) is 0 Å². The standard InChI is InChI=1S/C27H23NO6/c1-3-32-19-9-6-8-17(13-19)24-23(25(29)18-11-12-21-22(14-18)34-15-33-21)26(30)27(31)28(24)20-10-5-4-7-16(20)2/h4-14,24,29H,3,15H2,1-2H3/b25-23-. The van der Waals surface area contributed by atoms with Gasteiger partial charge in [0.05, 0.1) is 18.2 Å². The van der Waals surface area contributed by atoms with Crippen LogP contribution in [-0.2, 0) is 9.59 Å². The summed E-state index contributed by atoms with van der Waals surface area (Å²) >= 11 is 0. The third kappa shape index (κ3) is 3.55. The maximum absolute atomic E-state index is 13.3. The number of nitrogens with zero attached hydrogens (tertiary/aromatic N) is 1. The van der Waals surface area contributed by atoms with E-state index in [9.17, 15) is 14.7 Å². The molecule has 0 bridgehead atoms. The Bertz CT molecular complexity index is 1330. The van der Waals surface area contributed by atoms with E-state index >= 15 is 0 Å². The van der Waals surface area contributed by atoms with Crippen molar-refractivity contribution >= 4 is 23.1 Å².